The highest BCUT2D eigenvalue weighted by Crippen LogP contribution is 2.26. The first kappa shape index (κ1) is 12.3. The molecule has 3 nitrogen and oxygen atoms in total. The molecular formula is C15H17NO2. The van der Waals surface area contributed by atoms with Crippen molar-refractivity contribution in [2.45, 2.75) is 6.92 Å². The van der Waals surface area contributed by atoms with E-state index >= 15 is 0 Å². The number of benzene rings is 1. The molecule has 0 unspecified atom stereocenters. The van der Waals surface area contributed by atoms with Gasteiger partial charge >= 0.3 is 0 Å². The lowest BCUT2D eigenvalue weighted by Crippen LogP contribution is -1.83. The number of methoxy groups -OCH3 is 2. The van der Waals surface area contributed by atoms with Crippen LogP contribution in [0.5, 0.6) is 5.75 Å². The summed E-state index contributed by atoms with van der Waals surface area (Å²) >= 11 is 0. The van der Waals surface area contributed by atoms with Crippen molar-refractivity contribution in [1.29, 1.82) is 0 Å². The Morgan fingerprint density at radius 2 is 2.11 bits per heavy atom. The molecule has 1 N–H and O–H groups in total. The molecule has 3 heteroatoms. The Morgan fingerprint density at radius 3 is 2.72 bits per heavy atom. The second kappa shape index (κ2) is 5.00. The van der Waals surface area contributed by atoms with Crippen molar-refractivity contribution < 1.29 is 9.47 Å². The van der Waals surface area contributed by atoms with Gasteiger partial charge in [0.05, 0.1) is 14.2 Å². The standard InChI is InChI=1S/C15H17NO2/c1-5-11(17-3)8-14-10(2)13-7-6-12(18-4)9-15(13)16-14/h5-9,16H,1H2,2-4H3/b11-8+. The van der Waals surface area contributed by atoms with Gasteiger partial charge in [-0.15, -0.1) is 0 Å². The average molecular weight is 243 g/mol. The van der Waals surface area contributed by atoms with Gasteiger partial charge in [-0.3, -0.25) is 0 Å². The number of hydrogen-bond acceptors (Lipinski definition) is 2. The molecule has 0 spiro atoms. The second-order valence-electron chi connectivity index (χ2n) is 4.03. The third-order valence-corrected chi connectivity index (χ3v) is 3.03. The lowest BCUT2D eigenvalue weighted by molar-refractivity contribution is 0.311. The van der Waals surface area contributed by atoms with Crippen LogP contribution < -0.4 is 4.74 Å². The molecular weight excluding hydrogens is 226 g/mol. The lowest BCUT2D eigenvalue weighted by Gasteiger charge is -1.99. The van der Waals surface area contributed by atoms with E-state index in [1.807, 2.05) is 18.2 Å². The first-order valence-electron chi connectivity index (χ1n) is 5.74. The van der Waals surface area contributed by atoms with Gasteiger partial charge in [0.25, 0.3) is 0 Å². The average Bonchev–Trinajstić information content (AvgIpc) is 2.72. The van der Waals surface area contributed by atoms with Gasteiger partial charge in [-0.1, -0.05) is 6.58 Å². The number of allylic oxidation sites excluding steroid dienone is 1. The van der Waals surface area contributed by atoms with Crippen molar-refractivity contribution in [2.24, 2.45) is 0 Å². The maximum absolute atomic E-state index is 5.22. The number of fused-ring (bicyclic) bond motifs is 1. The summed E-state index contributed by atoms with van der Waals surface area (Å²) in [5.74, 6) is 1.58. The number of aromatic amines is 1. The van der Waals surface area contributed by atoms with Crippen molar-refractivity contribution in [2.75, 3.05) is 14.2 Å². The Bertz CT molecular complexity index is 608. The van der Waals surface area contributed by atoms with Crippen LogP contribution in [0.4, 0.5) is 0 Å². The largest absolute Gasteiger partial charge is 0.497 e. The van der Waals surface area contributed by atoms with Crippen molar-refractivity contribution in [3.63, 3.8) is 0 Å². The number of ether oxygens (including phenoxy) is 2. The van der Waals surface area contributed by atoms with Crippen LogP contribution in [0, 0.1) is 6.92 Å². The van der Waals surface area contributed by atoms with E-state index in [0.29, 0.717) is 0 Å². The van der Waals surface area contributed by atoms with E-state index < -0.39 is 0 Å². The van der Waals surface area contributed by atoms with Crippen LogP contribution in [0.2, 0.25) is 0 Å². The molecule has 0 radical (unpaired) electrons. The number of rotatable bonds is 4. The number of hydrogen-bond donors (Lipinski definition) is 1. The lowest BCUT2D eigenvalue weighted by atomic mass is 10.1. The minimum Gasteiger partial charge on any atom is -0.497 e. The smallest absolute Gasteiger partial charge is 0.120 e. The minimum atomic E-state index is 0.733. The molecule has 0 aliphatic carbocycles. The normalized spacial score (nSPS) is 11.6. The molecule has 0 saturated carbocycles. The van der Waals surface area contributed by atoms with Crippen LogP contribution >= 0.6 is 0 Å². The Hall–Kier alpha value is -2.16. The van der Waals surface area contributed by atoms with Gasteiger partial charge in [-0.25, -0.2) is 0 Å². The van der Waals surface area contributed by atoms with Gasteiger partial charge < -0.3 is 14.5 Å². The van der Waals surface area contributed by atoms with E-state index in [1.165, 1.54) is 10.9 Å². The molecule has 0 bridgehead atoms. The molecule has 0 amide bonds. The number of nitrogens with one attached hydrogen (secondary N) is 1. The monoisotopic (exact) mass is 243 g/mol. The van der Waals surface area contributed by atoms with Gasteiger partial charge in [-0.05, 0) is 30.7 Å². The van der Waals surface area contributed by atoms with Gasteiger partial charge in [0.1, 0.15) is 11.5 Å². The van der Waals surface area contributed by atoms with E-state index in [-0.39, 0.29) is 0 Å². The first-order chi connectivity index (χ1) is 8.69. The predicted octanol–water partition coefficient (Wildman–Crippen LogP) is 3.66. The SMILES string of the molecule is C=C/C(=C\c1[nH]c2cc(OC)ccc2c1C)OC. The third kappa shape index (κ3) is 2.12. The van der Waals surface area contributed by atoms with Crippen LogP contribution in [-0.4, -0.2) is 19.2 Å². The Labute approximate surface area is 107 Å². The summed E-state index contributed by atoms with van der Waals surface area (Å²) in [6.07, 6.45) is 3.63. The summed E-state index contributed by atoms with van der Waals surface area (Å²) in [5, 5.41) is 1.18. The molecule has 0 aliphatic rings. The highest BCUT2D eigenvalue weighted by molar-refractivity contribution is 5.88. The predicted molar refractivity (Wildman–Crippen MR) is 74.8 cm³/mol. The fourth-order valence-corrected chi connectivity index (χ4v) is 1.95. The zero-order chi connectivity index (χ0) is 13.1. The highest BCUT2D eigenvalue weighted by atomic mass is 16.5. The molecule has 1 aromatic heterocycles. The topological polar surface area (TPSA) is 34.2 Å². The third-order valence-electron chi connectivity index (χ3n) is 3.03. The summed E-state index contributed by atoms with van der Waals surface area (Å²) in [6, 6.07) is 6.00. The summed E-state index contributed by atoms with van der Waals surface area (Å²) in [5.41, 5.74) is 3.26. The van der Waals surface area contributed by atoms with Crippen molar-refractivity contribution in [3.05, 3.63) is 47.9 Å². The van der Waals surface area contributed by atoms with Gasteiger partial charge in [0.2, 0.25) is 0 Å². The maximum atomic E-state index is 5.22. The van der Waals surface area contributed by atoms with Crippen molar-refractivity contribution >= 4 is 17.0 Å². The van der Waals surface area contributed by atoms with Gasteiger partial charge in [-0.2, -0.15) is 0 Å². The number of aryl methyl sites for hydroxylation is 1. The molecule has 0 saturated heterocycles. The molecule has 94 valence electrons. The second-order valence-corrected chi connectivity index (χ2v) is 4.03. The summed E-state index contributed by atoms with van der Waals surface area (Å²) in [4.78, 5) is 3.35. The van der Waals surface area contributed by atoms with Crippen LogP contribution in [0.25, 0.3) is 17.0 Å². The summed E-state index contributed by atoms with van der Waals surface area (Å²) < 4.78 is 10.4. The van der Waals surface area contributed by atoms with Crippen molar-refractivity contribution in [3.8, 4) is 5.75 Å². The quantitative estimate of drug-likeness (QED) is 0.657. The molecule has 1 aromatic carbocycles. The number of H-pyrrole nitrogens is 1. The van der Waals surface area contributed by atoms with Crippen molar-refractivity contribution in [1.82, 2.24) is 4.98 Å². The van der Waals surface area contributed by atoms with E-state index in [2.05, 4.69) is 24.6 Å². The molecule has 1 heterocycles. The van der Waals surface area contributed by atoms with E-state index in [9.17, 15) is 0 Å². The fraction of sp³-hybridized carbons (Fsp3) is 0.200. The van der Waals surface area contributed by atoms with E-state index in [4.69, 9.17) is 9.47 Å². The van der Waals surface area contributed by atoms with Crippen LogP contribution in [-0.2, 0) is 4.74 Å². The molecule has 0 fully saturated rings. The first-order valence-corrected chi connectivity index (χ1v) is 5.74. The van der Waals surface area contributed by atoms with Crippen LogP contribution in [0.3, 0.4) is 0 Å². The zero-order valence-corrected chi connectivity index (χ0v) is 10.9. The molecule has 18 heavy (non-hydrogen) atoms. The van der Waals surface area contributed by atoms with Gasteiger partial charge in [0, 0.05) is 28.7 Å². The van der Waals surface area contributed by atoms with Gasteiger partial charge in [0.15, 0.2) is 0 Å². The summed E-state index contributed by atoms with van der Waals surface area (Å²) in [6.45, 7) is 5.79. The zero-order valence-electron chi connectivity index (χ0n) is 10.9. The number of aromatic nitrogens is 1. The molecule has 2 rings (SSSR count). The Morgan fingerprint density at radius 1 is 1.33 bits per heavy atom. The molecule has 0 atom stereocenters. The van der Waals surface area contributed by atoms with Crippen LogP contribution in [0.15, 0.2) is 36.6 Å². The van der Waals surface area contributed by atoms with E-state index in [1.54, 1.807) is 20.3 Å². The minimum absolute atomic E-state index is 0.733. The molecule has 0 aliphatic heterocycles. The highest BCUT2D eigenvalue weighted by Gasteiger charge is 2.07. The Kier molecular flexibility index (Phi) is 3.42. The Balaban J connectivity index is 2.56. The van der Waals surface area contributed by atoms with Crippen LogP contribution in [0.1, 0.15) is 11.3 Å². The van der Waals surface area contributed by atoms with E-state index in [0.717, 1.165) is 22.7 Å². The maximum Gasteiger partial charge on any atom is 0.120 e. The molecule has 2 aromatic rings. The summed E-state index contributed by atoms with van der Waals surface area (Å²) in [7, 11) is 3.30. The fourth-order valence-electron chi connectivity index (χ4n) is 1.95.